The first kappa shape index (κ1) is 13.5. The molecule has 5 nitrogen and oxygen atoms in total. The summed E-state index contributed by atoms with van der Waals surface area (Å²) in [5.41, 5.74) is 11.0. The molecule has 106 valence electrons. The van der Waals surface area contributed by atoms with Crippen LogP contribution in [-0.4, -0.2) is 20.2 Å². The molecule has 0 radical (unpaired) electrons. The Bertz CT molecular complexity index is 759. The molecule has 0 aliphatic carbocycles. The van der Waals surface area contributed by atoms with Crippen molar-refractivity contribution in [2.24, 2.45) is 5.73 Å². The van der Waals surface area contributed by atoms with Crippen LogP contribution in [0.25, 0.3) is 17.1 Å². The molecular weight excluding hydrogens is 262 g/mol. The molecular formula is C16H17N5. The SMILES string of the molecule is Cc1ccc(C)c(-n2nnnc2-c2ccc(CN)cc2)c1. The third kappa shape index (κ3) is 2.55. The van der Waals surface area contributed by atoms with E-state index in [1.165, 1.54) is 5.56 Å². The Labute approximate surface area is 123 Å². The Balaban J connectivity index is 2.10. The fourth-order valence-corrected chi connectivity index (χ4v) is 2.27. The van der Waals surface area contributed by atoms with Gasteiger partial charge in [-0.1, -0.05) is 36.4 Å². The van der Waals surface area contributed by atoms with Crippen molar-refractivity contribution in [3.05, 3.63) is 59.2 Å². The zero-order chi connectivity index (χ0) is 14.8. The summed E-state index contributed by atoms with van der Waals surface area (Å²) in [6.07, 6.45) is 0. The summed E-state index contributed by atoms with van der Waals surface area (Å²) in [7, 11) is 0. The van der Waals surface area contributed by atoms with Gasteiger partial charge in [0, 0.05) is 12.1 Å². The van der Waals surface area contributed by atoms with Crippen LogP contribution in [0.2, 0.25) is 0 Å². The van der Waals surface area contributed by atoms with Gasteiger partial charge in [0.05, 0.1) is 5.69 Å². The standard InChI is InChI=1S/C16H17N5/c1-11-3-4-12(2)15(9-11)21-16(18-19-20-21)14-7-5-13(10-17)6-8-14/h3-9H,10,17H2,1-2H3. The summed E-state index contributed by atoms with van der Waals surface area (Å²) >= 11 is 0. The number of aryl methyl sites for hydroxylation is 2. The largest absolute Gasteiger partial charge is 0.326 e. The molecule has 0 saturated carbocycles. The molecule has 1 heterocycles. The second-order valence-electron chi connectivity index (χ2n) is 5.11. The van der Waals surface area contributed by atoms with Gasteiger partial charge in [0.1, 0.15) is 0 Å². The number of rotatable bonds is 3. The minimum atomic E-state index is 0.530. The van der Waals surface area contributed by atoms with Gasteiger partial charge in [-0.15, -0.1) is 5.10 Å². The Morgan fingerprint density at radius 1 is 1.05 bits per heavy atom. The van der Waals surface area contributed by atoms with Crippen LogP contribution in [-0.2, 0) is 6.54 Å². The Morgan fingerprint density at radius 3 is 2.52 bits per heavy atom. The number of hydrogen-bond acceptors (Lipinski definition) is 4. The summed E-state index contributed by atoms with van der Waals surface area (Å²) in [6, 6.07) is 14.2. The summed E-state index contributed by atoms with van der Waals surface area (Å²) in [6.45, 7) is 4.64. The summed E-state index contributed by atoms with van der Waals surface area (Å²) in [5, 5.41) is 12.1. The van der Waals surface area contributed by atoms with Crippen LogP contribution >= 0.6 is 0 Å². The highest BCUT2D eigenvalue weighted by molar-refractivity contribution is 5.59. The highest BCUT2D eigenvalue weighted by Gasteiger charge is 2.12. The van der Waals surface area contributed by atoms with Gasteiger partial charge in [-0.05, 0) is 47.0 Å². The lowest BCUT2D eigenvalue weighted by molar-refractivity contribution is 0.787. The maximum absolute atomic E-state index is 5.63. The summed E-state index contributed by atoms with van der Waals surface area (Å²) in [4.78, 5) is 0. The molecule has 0 amide bonds. The van der Waals surface area contributed by atoms with E-state index in [0.29, 0.717) is 6.54 Å². The average molecular weight is 279 g/mol. The highest BCUT2D eigenvalue weighted by Crippen LogP contribution is 2.22. The number of nitrogens with two attached hydrogens (primary N) is 1. The van der Waals surface area contributed by atoms with Crippen molar-refractivity contribution in [1.82, 2.24) is 20.2 Å². The number of benzene rings is 2. The van der Waals surface area contributed by atoms with E-state index in [2.05, 4.69) is 47.6 Å². The van der Waals surface area contributed by atoms with Gasteiger partial charge in [0.15, 0.2) is 5.82 Å². The van der Waals surface area contributed by atoms with Gasteiger partial charge in [0.2, 0.25) is 0 Å². The molecule has 0 unspecified atom stereocenters. The normalized spacial score (nSPS) is 10.8. The van der Waals surface area contributed by atoms with Crippen LogP contribution in [0.4, 0.5) is 0 Å². The van der Waals surface area contributed by atoms with Crippen LogP contribution in [0.1, 0.15) is 16.7 Å². The lowest BCUT2D eigenvalue weighted by atomic mass is 10.1. The van der Waals surface area contributed by atoms with Gasteiger partial charge >= 0.3 is 0 Å². The van der Waals surface area contributed by atoms with Crippen molar-refractivity contribution < 1.29 is 0 Å². The van der Waals surface area contributed by atoms with Gasteiger partial charge in [-0.2, -0.15) is 4.68 Å². The molecule has 3 rings (SSSR count). The monoisotopic (exact) mass is 279 g/mol. The van der Waals surface area contributed by atoms with E-state index in [4.69, 9.17) is 5.73 Å². The molecule has 0 fully saturated rings. The van der Waals surface area contributed by atoms with Crippen molar-refractivity contribution in [3.63, 3.8) is 0 Å². The van der Waals surface area contributed by atoms with Crippen LogP contribution in [0, 0.1) is 13.8 Å². The van der Waals surface area contributed by atoms with E-state index < -0.39 is 0 Å². The Kier molecular flexibility index (Phi) is 3.50. The van der Waals surface area contributed by atoms with Gasteiger partial charge in [-0.3, -0.25) is 0 Å². The fourth-order valence-electron chi connectivity index (χ4n) is 2.27. The Hall–Kier alpha value is -2.53. The zero-order valence-electron chi connectivity index (χ0n) is 12.1. The molecule has 21 heavy (non-hydrogen) atoms. The van der Waals surface area contributed by atoms with E-state index in [-0.39, 0.29) is 0 Å². The molecule has 2 aromatic carbocycles. The quantitative estimate of drug-likeness (QED) is 0.799. The molecule has 0 spiro atoms. The molecule has 0 aliphatic heterocycles. The van der Waals surface area contributed by atoms with E-state index in [0.717, 1.165) is 28.2 Å². The number of tetrazole rings is 1. The van der Waals surface area contributed by atoms with Crippen LogP contribution < -0.4 is 5.73 Å². The molecule has 0 bridgehead atoms. The van der Waals surface area contributed by atoms with Crippen molar-refractivity contribution in [3.8, 4) is 17.1 Å². The summed E-state index contributed by atoms with van der Waals surface area (Å²) in [5.74, 6) is 0.729. The van der Waals surface area contributed by atoms with Crippen LogP contribution in [0.3, 0.4) is 0 Å². The maximum atomic E-state index is 5.63. The van der Waals surface area contributed by atoms with Crippen molar-refractivity contribution in [2.45, 2.75) is 20.4 Å². The Morgan fingerprint density at radius 2 is 1.81 bits per heavy atom. The number of hydrogen-bond donors (Lipinski definition) is 1. The maximum Gasteiger partial charge on any atom is 0.187 e. The fraction of sp³-hybridized carbons (Fsp3) is 0.188. The molecule has 0 saturated heterocycles. The number of aromatic nitrogens is 4. The first-order valence-electron chi connectivity index (χ1n) is 6.84. The molecule has 0 atom stereocenters. The predicted molar refractivity (Wildman–Crippen MR) is 82.0 cm³/mol. The number of nitrogens with zero attached hydrogens (tertiary/aromatic N) is 4. The lowest BCUT2D eigenvalue weighted by Gasteiger charge is -2.09. The molecule has 3 aromatic rings. The van der Waals surface area contributed by atoms with E-state index in [1.807, 2.05) is 24.3 Å². The van der Waals surface area contributed by atoms with Crippen LogP contribution in [0.15, 0.2) is 42.5 Å². The van der Waals surface area contributed by atoms with Gasteiger partial charge in [-0.25, -0.2) is 0 Å². The molecule has 1 aromatic heterocycles. The molecule has 0 aliphatic rings. The second-order valence-corrected chi connectivity index (χ2v) is 5.11. The lowest BCUT2D eigenvalue weighted by Crippen LogP contribution is -2.03. The van der Waals surface area contributed by atoms with Crippen molar-refractivity contribution >= 4 is 0 Å². The minimum Gasteiger partial charge on any atom is -0.326 e. The highest BCUT2D eigenvalue weighted by atomic mass is 15.5. The molecule has 2 N–H and O–H groups in total. The zero-order valence-corrected chi connectivity index (χ0v) is 12.1. The van der Waals surface area contributed by atoms with E-state index >= 15 is 0 Å². The first-order chi connectivity index (χ1) is 10.2. The predicted octanol–water partition coefficient (Wildman–Crippen LogP) is 2.40. The second kappa shape index (κ2) is 5.46. The van der Waals surface area contributed by atoms with Crippen molar-refractivity contribution in [2.75, 3.05) is 0 Å². The molecule has 5 heteroatoms. The van der Waals surface area contributed by atoms with E-state index in [9.17, 15) is 0 Å². The topological polar surface area (TPSA) is 69.6 Å². The van der Waals surface area contributed by atoms with Gasteiger partial charge in [0.25, 0.3) is 0 Å². The summed E-state index contributed by atoms with van der Waals surface area (Å²) < 4.78 is 1.78. The first-order valence-corrected chi connectivity index (χ1v) is 6.84. The van der Waals surface area contributed by atoms with E-state index in [1.54, 1.807) is 4.68 Å². The van der Waals surface area contributed by atoms with Crippen molar-refractivity contribution in [1.29, 1.82) is 0 Å². The van der Waals surface area contributed by atoms with Crippen LogP contribution in [0.5, 0.6) is 0 Å². The third-order valence-corrected chi connectivity index (χ3v) is 3.51. The van der Waals surface area contributed by atoms with Gasteiger partial charge < -0.3 is 5.73 Å². The smallest absolute Gasteiger partial charge is 0.187 e. The third-order valence-electron chi connectivity index (χ3n) is 3.51. The minimum absolute atomic E-state index is 0.530. The average Bonchev–Trinajstić information content (AvgIpc) is 2.99.